The highest BCUT2D eigenvalue weighted by Crippen LogP contribution is 2.24. The number of benzene rings is 1. The van der Waals surface area contributed by atoms with Gasteiger partial charge in [-0.05, 0) is 63.1 Å². The largest absolute Gasteiger partial charge is 0.372 e. The van der Waals surface area contributed by atoms with Crippen LogP contribution in [0, 0.1) is 12.3 Å². The summed E-state index contributed by atoms with van der Waals surface area (Å²) in [5, 5.41) is 11.3. The Kier molecular flexibility index (Phi) is 6.36. The van der Waals surface area contributed by atoms with E-state index in [0.717, 1.165) is 35.7 Å². The van der Waals surface area contributed by atoms with Gasteiger partial charge >= 0.3 is 0 Å². The quantitative estimate of drug-likeness (QED) is 0.660. The number of unbranched alkanes of at least 4 members (excludes halogenated alkanes) is 1. The van der Waals surface area contributed by atoms with Gasteiger partial charge in [-0.3, -0.25) is 0 Å². The number of anilines is 3. The molecule has 0 bridgehead atoms. The summed E-state index contributed by atoms with van der Waals surface area (Å²) in [6, 6.07) is 10.4. The Labute approximate surface area is 145 Å². The number of hydrogen-bond acceptors (Lipinski definition) is 4. The van der Waals surface area contributed by atoms with Crippen LogP contribution in [0.4, 0.5) is 17.2 Å². The molecular formula is C20H28N4. The van der Waals surface area contributed by atoms with Crippen molar-refractivity contribution < 1.29 is 0 Å². The number of pyridine rings is 1. The molecule has 2 N–H and O–H groups in total. The molecule has 0 saturated carbocycles. The van der Waals surface area contributed by atoms with Crippen molar-refractivity contribution in [3.8, 4) is 0 Å². The van der Waals surface area contributed by atoms with Gasteiger partial charge in [0.15, 0.2) is 0 Å². The van der Waals surface area contributed by atoms with Crippen LogP contribution in [0.3, 0.4) is 0 Å². The molecular weight excluding hydrogens is 296 g/mol. The van der Waals surface area contributed by atoms with Crippen molar-refractivity contribution in [1.82, 2.24) is 4.98 Å². The van der Waals surface area contributed by atoms with Crippen LogP contribution in [-0.4, -0.2) is 23.8 Å². The van der Waals surface area contributed by atoms with E-state index in [0.29, 0.717) is 5.71 Å². The van der Waals surface area contributed by atoms with Gasteiger partial charge < -0.3 is 15.6 Å². The van der Waals surface area contributed by atoms with E-state index in [9.17, 15) is 0 Å². The minimum absolute atomic E-state index is 0.524. The second-order valence-corrected chi connectivity index (χ2v) is 6.08. The smallest absolute Gasteiger partial charge is 0.139 e. The summed E-state index contributed by atoms with van der Waals surface area (Å²) in [4.78, 5) is 6.80. The van der Waals surface area contributed by atoms with Gasteiger partial charge in [0.25, 0.3) is 0 Å². The summed E-state index contributed by atoms with van der Waals surface area (Å²) in [7, 11) is 0. The van der Waals surface area contributed by atoms with Gasteiger partial charge in [-0.1, -0.05) is 13.3 Å². The summed E-state index contributed by atoms with van der Waals surface area (Å²) in [5.74, 6) is 0.744. The molecule has 1 heterocycles. The minimum Gasteiger partial charge on any atom is -0.372 e. The molecule has 0 saturated heterocycles. The average molecular weight is 324 g/mol. The maximum atomic E-state index is 7.98. The van der Waals surface area contributed by atoms with Crippen LogP contribution in [0.15, 0.2) is 36.5 Å². The third-order valence-corrected chi connectivity index (χ3v) is 4.19. The average Bonchev–Trinajstić information content (AvgIpc) is 2.56. The Morgan fingerprint density at radius 3 is 2.46 bits per heavy atom. The normalized spacial score (nSPS) is 10.5. The number of hydrogen-bond donors (Lipinski definition) is 2. The Morgan fingerprint density at radius 2 is 1.88 bits per heavy atom. The molecule has 0 aliphatic heterocycles. The van der Waals surface area contributed by atoms with Gasteiger partial charge in [0, 0.05) is 41.9 Å². The molecule has 0 aliphatic rings. The first-order valence-corrected chi connectivity index (χ1v) is 8.70. The van der Waals surface area contributed by atoms with Crippen LogP contribution in [0.25, 0.3) is 0 Å². The van der Waals surface area contributed by atoms with E-state index in [4.69, 9.17) is 5.41 Å². The number of aromatic nitrogens is 1. The highest BCUT2D eigenvalue weighted by molar-refractivity contribution is 6.02. The highest BCUT2D eigenvalue weighted by Gasteiger charge is 2.10. The van der Waals surface area contributed by atoms with Crippen molar-refractivity contribution in [3.63, 3.8) is 0 Å². The van der Waals surface area contributed by atoms with Crippen molar-refractivity contribution in [2.24, 2.45) is 0 Å². The fourth-order valence-corrected chi connectivity index (χ4v) is 2.84. The second kappa shape index (κ2) is 8.48. The minimum atomic E-state index is 0.524. The maximum Gasteiger partial charge on any atom is 0.139 e. The molecule has 0 aliphatic carbocycles. The number of nitrogens with zero attached hydrogens (tertiary/aromatic N) is 2. The number of nitrogens with one attached hydrogen (secondary N) is 2. The zero-order valence-corrected chi connectivity index (χ0v) is 15.2. The van der Waals surface area contributed by atoms with Crippen LogP contribution in [0.5, 0.6) is 0 Å². The molecule has 2 rings (SSSR count). The third-order valence-electron chi connectivity index (χ3n) is 4.19. The van der Waals surface area contributed by atoms with Gasteiger partial charge in [-0.2, -0.15) is 0 Å². The van der Waals surface area contributed by atoms with Crippen molar-refractivity contribution in [2.45, 2.75) is 40.5 Å². The van der Waals surface area contributed by atoms with Crippen LogP contribution in [-0.2, 0) is 0 Å². The second-order valence-electron chi connectivity index (χ2n) is 6.08. The molecule has 1 aromatic heterocycles. The van der Waals surface area contributed by atoms with Crippen LogP contribution in [0.2, 0.25) is 0 Å². The molecule has 128 valence electrons. The van der Waals surface area contributed by atoms with Crippen molar-refractivity contribution >= 4 is 22.9 Å². The van der Waals surface area contributed by atoms with E-state index in [1.807, 2.05) is 13.0 Å². The van der Waals surface area contributed by atoms with Gasteiger partial charge in [0.2, 0.25) is 0 Å². The molecule has 4 heteroatoms. The monoisotopic (exact) mass is 324 g/mol. The fraction of sp³-hybridized carbons (Fsp3) is 0.400. The number of aryl methyl sites for hydroxylation is 1. The Morgan fingerprint density at radius 1 is 1.17 bits per heavy atom. The standard InChI is InChI=1S/C20H28N4/c1-5-7-14-24(6-2)18-10-8-17(9-11-18)23-20-19(16(4)21)15(3)12-13-22-20/h8-13,21H,5-7,14H2,1-4H3,(H,22,23). The van der Waals surface area contributed by atoms with E-state index < -0.39 is 0 Å². The molecule has 0 fully saturated rings. The Bertz CT molecular complexity index is 677. The maximum absolute atomic E-state index is 7.98. The lowest BCUT2D eigenvalue weighted by molar-refractivity contribution is 0.732. The van der Waals surface area contributed by atoms with E-state index >= 15 is 0 Å². The molecule has 0 amide bonds. The SMILES string of the molecule is CCCCN(CC)c1ccc(Nc2nccc(C)c2C(C)=N)cc1. The number of rotatable bonds is 8. The lowest BCUT2D eigenvalue weighted by Crippen LogP contribution is -2.23. The first kappa shape index (κ1) is 18.0. The summed E-state index contributed by atoms with van der Waals surface area (Å²) >= 11 is 0. The Hall–Kier alpha value is -2.36. The molecule has 0 unspecified atom stereocenters. The van der Waals surface area contributed by atoms with E-state index in [-0.39, 0.29) is 0 Å². The van der Waals surface area contributed by atoms with Gasteiger partial charge in [-0.15, -0.1) is 0 Å². The lowest BCUT2D eigenvalue weighted by Gasteiger charge is -2.23. The zero-order chi connectivity index (χ0) is 17.5. The van der Waals surface area contributed by atoms with Gasteiger partial charge in [0.05, 0.1) is 0 Å². The molecule has 2 aromatic rings. The predicted molar refractivity (Wildman–Crippen MR) is 104 cm³/mol. The predicted octanol–water partition coefficient (Wildman–Crippen LogP) is 5.15. The lowest BCUT2D eigenvalue weighted by atomic mass is 10.1. The van der Waals surface area contributed by atoms with Crippen LogP contribution < -0.4 is 10.2 Å². The zero-order valence-electron chi connectivity index (χ0n) is 15.2. The van der Waals surface area contributed by atoms with Crippen LogP contribution >= 0.6 is 0 Å². The highest BCUT2D eigenvalue weighted by atomic mass is 15.1. The summed E-state index contributed by atoms with van der Waals surface area (Å²) in [6.07, 6.45) is 4.20. The summed E-state index contributed by atoms with van der Waals surface area (Å²) < 4.78 is 0. The van der Waals surface area contributed by atoms with E-state index in [2.05, 4.69) is 53.3 Å². The molecule has 1 aromatic carbocycles. The van der Waals surface area contributed by atoms with E-state index in [1.54, 1.807) is 13.1 Å². The van der Waals surface area contributed by atoms with Crippen molar-refractivity contribution in [2.75, 3.05) is 23.3 Å². The molecule has 0 spiro atoms. The Balaban J connectivity index is 2.18. The first-order valence-electron chi connectivity index (χ1n) is 8.70. The topological polar surface area (TPSA) is 52.0 Å². The van der Waals surface area contributed by atoms with Gasteiger partial charge in [-0.25, -0.2) is 4.98 Å². The van der Waals surface area contributed by atoms with Crippen molar-refractivity contribution in [1.29, 1.82) is 5.41 Å². The molecule has 0 atom stereocenters. The summed E-state index contributed by atoms with van der Waals surface area (Å²) in [5.41, 5.74) is 4.70. The first-order chi connectivity index (χ1) is 11.6. The van der Waals surface area contributed by atoms with Crippen LogP contribution in [0.1, 0.15) is 44.7 Å². The van der Waals surface area contributed by atoms with Crippen molar-refractivity contribution in [3.05, 3.63) is 47.7 Å². The third kappa shape index (κ3) is 4.34. The molecule has 4 nitrogen and oxygen atoms in total. The fourth-order valence-electron chi connectivity index (χ4n) is 2.84. The molecule has 24 heavy (non-hydrogen) atoms. The molecule has 0 radical (unpaired) electrons. The summed E-state index contributed by atoms with van der Waals surface area (Å²) in [6.45, 7) is 10.3. The van der Waals surface area contributed by atoms with E-state index in [1.165, 1.54) is 18.5 Å². The van der Waals surface area contributed by atoms with Gasteiger partial charge in [0.1, 0.15) is 5.82 Å².